The molecular weight excluding hydrogens is 254 g/mol. The molecule has 1 aromatic heterocycles. The minimum absolute atomic E-state index is 0. The van der Waals surface area contributed by atoms with E-state index < -0.39 is 5.54 Å². The van der Waals surface area contributed by atoms with Crippen LogP contribution in [0.15, 0.2) is 24.4 Å². The van der Waals surface area contributed by atoms with Crippen LogP contribution in [-0.2, 0) is 10.3 Å². The van der Waals surface area contributed by atoms with Crippen LogP contribution in [0.4, 0.5) is 0 Å². The summed E-state index contributed by atoms with van der Waals surface area (Å²) in [5.41, 5.74) is 0.680. The van der Waals surface area contributed by atoms with Crippen LogP contribution >= 0.6 is 0 Å². The number of carbonyl (C=O) groups is 1. The van der Waals surface area contributed by atoms with Crippen LogP contribution in [0, 0.1) is 6.92 Å². The number of pyridine rings is 1. The molecule has 0 aliphatic rings. The van der Waals surface area contributed by atoms with E-state index in [-0.39, 0.29) is 22.8 Å². The zero-order valence-electron chi connectivity index (χ0n) is 9.75. The minimum Gasteiger partial charge on any atom is -1.00 e. The largest absolute Gasteiger partial charge is 1.00 e. The smallest absolute Gasteiger partial charge is 0.220 e. The van der Waals surface area contributed by atoms with Crippen molar-refractivity contribution in [2.75, 3.05) is 0 Å². The third kappa shape index (κ3) is 2.88. The van der Waals surface area contributed by atoms with Crippen LogP contribution < -0.4 is 21.5 Å². The van der Waals surface area contributed by atoms with Gasteiger partial charge in [-0.1, -0.05) is 13.0 Å². The molecule has 0 unspecified atom stereocenters. The molecule has 0 amide bonds. The lowest BCUT2D eigenvalue weighted by molar-refractivity contribution is -0.747. The second kappa shape index (κ2) is 5.40. The van der Waals surface area contributed by atoms with Crippen molar-refractivity contribution in [3.63, 3.8) is 0 Å². The monoisotopic (exact) mass is 271 g/mol. The Bertz CT molecular complexity index is 347. The highest BCUT2D eigenvalue weighted by molar-refractivity contribution is 5.83. The van der Waals surface area contributed by atoms with Gasteiger partial charge in [-0.15, -0.1) is 0 Å². The summed E-state index contributed by atoms with van der Waals surface area (Å²) in [6, 6.07) is 5.96. The van der Waals surface area contributed by atoms with E-state index in [1.54, 1.807) is 0 Å². The van der Waals surface area contributed by atoms with Gasteiger partial charge in [0.25, 0.3) is 0 Å². The lowest BCUT2D eigenvalue weighted by atomic mass is 9.96. The second-order valence-electron chi connectivity index (χ2n) is 4.05. The average Bonchev–Trinajstić information content (AvgIpc) is 2.17. The topological polar surface area (TPSA) is 20.9 Å². The standard InChI is InChI=1S/C12H18NO.BrH/c1-5-11(14)12(3,4)13-9-7-6-8-10(13)2;/h6-9H,5H2,1-4H3;1H/q+1;/p-1. The first kappa shape index (κ1) is 14.3. The molecule has 0 bridgehead atoms. The predicted molar refractivity (Wildman–Crippen MR) is 56.0 cm³/mol. The number of halogens is 1. The molecule has 1 heterocycles. The third-order valence-electron chi connectivity index (χ3n) is 2.67. The maximum Gasteiger partial charge on any atom is 0.220 e. The second-order valence-corrected chi connectivity index (χ2v) is 4.05. The molecule has 0 saturated carbocycles. The van der Waals surface area contributed by atoms with Crippen molar-refractivity contribution in [3.05, 3.63) is 30.1 Å². The lowest BCUT2D eigenvalue weighted by Crippen LogP contribution is -3.00. The minimum atomic E-state index is -0.430. The zero-order valence-corrected chi connectivity index (χ0v) is 11.3. The van der Waals surface area contributed by atoms with E-state index in [0.717, 1.165) is 5.69 Å². The van der Waals surface area contributed by atoms with E-state index in [1.807, 2.05) is 56.7 Å². The molecular formula is C12H18BrNO. The summed E-state index contributed by atoms with van der Waals surface area (Å²) in [5, 5.41) is 0. The first-order valence-corrected chi connectivity index (χ1v) is 5.01. The molecule has 0 radical (unpaired) electrons. The van der Waals surface area contributed by atoms with Gasteiger partial charge in [0, 0.05) is 39.3 Å². The van der Waals surface area contributed by atoms with Crippen LogP contribution in [0.2, 0.25) is 0 Å². The highest BCUT2D eigenvalue weighted by atomic mass is 79.9. The van der Waals surface area contributed by atoms with Gasteiger partial charge in [0.15, 0.2) is 11.9 Å². The maximum absolute atomic E-state index is 11.8. The predicted octanol–water partition coefficient (Wildman–Crippen LogP) is -0.999. The molecule has 15 heavy (non-hydrogen) atoms. The van der Waals surface area contributed by atoms with Gasteiger partial charge >= 0.3 is 0 Å². The lowest BCUT2D eigenvalue weighted by Gasteiger charge is -2.18. The van der Waals surface area contributed by atoms with Crippen LogP contribution in [0.25, 0.3) is 0 Å². The van der Waals surface area contributed by atoms with Gasteiger partial charge in [-0.05, 0) is 0 Å². The Balaban J connectivity index is 0.00000196. The fraction of sp³-hybridized carbons (Fsp3) is 0.500. The number of ketones is 1. The molecule has 0 spiro atoms. The normalized spacial score (nSPS) is 10.7. The van der Waals surface area contributed by atoms with Crippen LogP contribution in [0.5, 0.6) is 0 Å². The van der Waals surface area contributed by atoms with Crippen LogP contribution in [-0.4, -0.2) is 5.78 Å². The Morgan fingerprint density at radius 2 is 2.00 bits per heavy atom. The zero-order chi connectivity index (χ0) is 10.8. The van der Waals surface area contributed by atoms with Crippen molar-refractivity contribution >= 4 is 5.78 Å². The molecule has 1 rings (SSSR count). The summed E-state index contributed by atoms with van der Waals surface area (Å²) in [6.07, 6.45) is 2.54. The molecule has 0 atom stereocenters. The Hall–Kier alpha value is -0.700. The summed E-state index contributed by atoms with van der Waals surface area (Å²) in [6.45, 7) is 7.85. The first-order chi connectivity index (χ1) is 6.50. The number of aryl methyl sites for hydroxylation is 1. The molecule has 2 nitrogen and oxygen atoms in total. The number of nitrogens with zero attached hydrogens (tertiary/aromatic N) is 1. The Labute approximate surface area is 102 Å². The van der Waals surface area contributed by atoms with Crippen LogP contribution in [0.1, 0.15) is 32.9 Å². The first-order valence-electron chi connectivity index (χ1n) is 5.01. The van der Waals surface area contributed by atoms with E-state index in [9.17, 15) is 4.79 Å². The van der Waals surface area contributed by atoms with Gasteiger partial charge in [0.05, 0.1) is 0 Å². The van der Waals surface area contributed by atoms with Gasteiger partial charge in [-0.25, -0.2) is 0 Å². The number of hydrogen-bond donors (Lipinski definition) is 0. The van der Waals surface area contributed by atoms with E-state index in [2.05, 4.69) is 0 Å². The summed E-state index contributed by atoms with van der Waals surface area (Å²) < 4.78 is 2.03. The third-order valence-corrected chi connectivity index (χ3v) is 2.67. The van der Waals surface area contributed by atoms with Crippen molar-refractivity contribution in [2.45, 2.75) is 39.7 Å². The van der Waals surface area contributed by atoms with E-state index in [4.69, 9.17) is 0 Å². The number of rotatable bonds is 3. The van der Waals surface area contributed by atoms with Crippen LogP contribution in [0.3, 0.4) is 0 Å². The van der Waals surface area contributed by atoms with Crippen molar-refractivity contribution in [1.29, 1.82) is 0 Å². The van der Waals surface area contributed by atoms with Crippen molar-refractivity contribution in [3.8, 4) is 0 Å². The molecule has 3 heteroatoms. The fourth-order valence-electron chi connectivity index (χ4n) is 1.72. The Kier molecular flexibility index (Phi) is 5.15. The van der Waals surface area contributed by atoms with Gasteiger partial charge in [0.2, 0.25) is 11.3 Å². The van der Waals surface area contributed by atoms with E-state index in [1.165, 1.54) is 0 Å². The van der Waals surface area contributed by atoms with Gasteiger partial charge < -0.3 is 17.0 Å². The summed E-state index contributed by atoms with van der Waals surface area (Å²) in [4.78, 5) is 11.8. The molecule has 0 aromatic carbocycles. The van der Waals surface area contributed by atoms with E-state index >= 15 is 0 Å². The summed E-state index contributed by atoms with van der Waals surface area (Å²) in [7, 11) is 0. The maximum atomic E-state index is 11.8. The summed E-state index contributed by atoms with van der Waals surface area (Å²) >= 11 is 0. The number of aromatic nitrogens is 1. The Morgan fingerprint density at radius 1 is 1.40 bits per heavy atom. The molecule has 0 N–H and O–H groups in total. The van der Waals surface area contributed by atoms with E-state index in [0.29, 0.717) is 6.42 Å². The van der Waals surface area contributed by atoms with Crippen molar-refractivity contribution in [2.24, 2.45) is 0 Å². The Morgan fingerprint density at radius 3 is 2.47 bits per heavy atom. The number of Topliss-reactive ketones (excluding diaryl/α,β-unsaturated/α-hetero) is 1. The molecule has 0 fully saturated rings. The number of carbonyl (C=O) groups excluding carboxylic acids is 1. The van der Waals surface area contributed by atoms with Crippen molar-refractivity contribution < 1.29 is 26.3 Å². The van der Waals surface area contributed by atoms with Gasteiger partial charge in [-0.2, -0.15) is 4.57 Å². The molecule has 1 aromatic rings. The van der Waals surface area contributed by atoms with Crippen molar-refractivity contribution in [1.82, 2.24) is 0 Å². The highest BCUT2D eigenvalue weighted by Gasteiger charge is 2.36. The van der Waals surface area contributed by atoms with Gasteiger partial charge in [0.1, 0.15) is 0 Å². The highest BCUT2D eigenvalue weighted by Crippen LogP contribution is 2.11. The fourth-order valence-corrected chi connectivity index (χ4v) is 1.72. The molecule has 0 aliphatic heterocycles. The van der Waals surface area contributed by atoms with Gasteiger partial charge in [-0.3, -0.25) is 4.79 Å². The molecule has 0 aliphatic carbocycles. The molecule has 0 saturated heterocycles. The summed E-state index contributed by atoms with van der Waals surface area (Å²) in [5.74, 6) is 0.261. The SMILES string of the molecule is CCC(=O)C(C)(C)[n+]1ccccc1C.[Br-]. The number of hydrogen-bond acceptors (Lipinski definition) is 1. The quantitative estimate of drug-likeness (QED) is 0.647. The molecule has 84 valence electrons. The average molecular weight is 272 g/mol.